The van der Waals surface area contributed by atoms with Gasteiger partial charge in [-0.2, -0.15) is 0 Å². The summed E-state index contributed by atoms with van der Waals surface area (Å²) in [6, 6.07) is 5.84. The smallest absolute Gasteiger partial charge is 0.306 e. The number of rotatable bonds is 5. The first-order valence-electron chi connectivity index (χ1n) is 8.88. The minimum absolute atomic E-state index is 0.0351. The third-order valence-corrected chi connectivity index (χ3v) is 4.66. The van der Waals surface area contributed by atoms with Crippen molar-refractivity contribution in [2.24, 2.45) is 5.41 Å². The van der Waals surface area contributed by atoms with Crippen LogP contribution in [0.2, 0.25) is 0 Å². The number of ether oxygens (including phenoxy) is 2. The summed E-state index contributed by atoms with van der Waals surface area (Å²) in [7, 11) is 0. The largest absolute Gasteiger partial charge is 0.489 e. The van der Waals surface area contributed by atoms with Gasteiger partial charge < -0.3 is 19.3 Å². The number of carbonyl (C=O) groups is 2. The maximum atomic E-state index is 13.0. The molecule has 2 aliphatic heterocycles. The lowest BCUT2D eigenvalue weighted by Crippen LogP contribution is -2.47. The first-order valence-corrected chi connectivity index (χ1v) is 8.88. The second-order valence-corrected chi connectivity index (χ2v) is 7.33. The summed E-state index contributed by atoms with van der Waals surface area (Å²) in [5, 5.41) is 0. The Bertz CT molecular complexity index is 671. The summed E-state index contributed by atoms with van der Waals surface area (Å²) in [5.41, 5.74) is 1.48. The van der Waals surface area contributed by atoms with Crippen molar-refractivity contribution in [1.29, 1.82) is 0 Å². The third kappa shape index (κ3) is 3.72. The minimum Gasteiger partial charge on any atom is -0.489 e. The molecule has 3 rings (SSSR count). The average molecular weight is 346 g/mol. The Hall–Kier alpha value is -2.24. The van der Waals surface area contributed by atoms with Gasteiger partial charge in [0, 0.05) is 19.5 Å². The van der Waals surface area contributed by atoms with Crippen molar-refractivity contribution in [3.8, 4) is 5.75 Å². The van der Waals surface area contributed by atoms with Crippen LogP contribution in [0.3, 0.4) is 0 Å². The molecular formula is C19H26N2O4. The number of hydrogen-bond donors (Lipinski definition) is 0. The van der Waals surface area contributed by atoms with Crippen LogP contribution in [-0.2, 0) is 14.3 Å². The fraction of sp³-hybridized carbons (Fsp3) is 0.579. The van der Waals surface area contributed by atoms with Gasteiger partial charge in [0.05, 0.1) is 25.3 Å². The summed E-state index contributed by atoms with van der Waals surface area (Å²) < 4.78 is 10.8. The quantitative estimate of drug-likeness (QED) is 0.767. The number of anilines is 2. The molecule has 25 heavy (non-hydrogen) atoms. The molecule has 0 bridgehead atoms. The maximum Gasteiger partial charge on any atom is 0.306 e. The van der Waals surface area contributed by atoms with E-state index in [0.29, 0.717) is 26.2 Å². The van der Waals surface area contributed by atoms with Gasteiger partial charge in [-0.1, -0.05) is 19.9 Å². The zero-order chi connectivity index (χ0) is 18.0. The van der Waals surface area contributed by atoms with E-state index in [0.717, 1.165) is 30.2 Å². The van der Waals surface area contributed by atoms with E-state index in [2.05, 4.69) is 4.90 Å². The number of hydrogen-bond acceptors (Lipinski definition) is 5. The molecule has 6 nitrogen and oxygen atoms in total. The molecule has 0 fully saturated rings. The average Bonchev–Trinajstić information content (AvgIpc) is 2.54. The molecule has 0 unspecified atom stereocenters. The molecule has 0 N–H and O–H groups in total. The molecular weight excluding hydrogens is 320 g/mol. The highest BCUT2D eigenvalue weighted by Crippen LogP contribution is 2.43. The molecule has 2 aliphatic rings. The van der Waals surface area contributed by atoms with E-state index in [4.69, 9.17) is 9.47 Å². The number of benzene rings is 1. The Morgan fingerprint density at radius 2 is 2.00 bits per heavy atom. The van der Waals surface area contributed by atoms with E-state index in [1.54, 1.807) is 6.92 Å². The number of nitrogens with zero attached hydrogens (tertiary/aromatic N) is 2. The third-order valence-electron chi connectivity index (χ3n) is 4.66. The molecule has 1 aromatic carbocycles. The van der Waals surface area contributed by atoms with Crippen molar-refractivity contribution >= 4 is 23.3 Å². The van der Waals surface area contributed by atoms with Gasteiger partial charge in [-0.3, -0.25) is 9.59 Å². The summed E-state index contributed by atoms with van der Waals surface area (Å²) in [4.78, 5) is 28.8. The van der Waals surface area contributed by atoms with Crippen LogP contribution < -0.4 is 14.5 Å². The Morgan fingerprint density at radius 3 is 2.76 bits per heavy atom. The fourth-order valence-corrected chi connectivity index (χ4v) is 3.53. The van der Waals surface area contributed by atoms with E-state index < -0.39 is 5.41 Å². The zero-order valence-electron chi connectivity index (χ0n) is 15.2. The van der Waals surface area contributed by atoms with Crippen LogP contribution in [0.25, 0.3) is 0 Å². The van der Waals surface area contributed by atoms with Gasteiger partial charge in [0.2, 0.25) is 5.91 Å². The summed E-state index contributed by atoms with van der Waals surface area (Å²) in [6.45, 7) is 9.00. The van der Waals surface area contributed by atoms with Gasteiger partial charge in [-0.25, -0.2) is 0 Å². The van der Waals surface area contributed by atoms with E-state index in [1.165, 1.54) is 0 Å². The van der Waals surface area contributed by atoms with Gasteiger partial charge >= 0.3 is 5.97 Å². The zero-order valence-corrected chi connectivity index (χ0v) is 15.2. The highest BCUT2D eigenvalue weighted by molar-refractivity contribution is 5.99. The summed E-state index contributed by atoms with van der Waals surface area (Å²) >= 11 is 0. The number of carbonyl (C=O) groups excluding carboxylic acids is 2. The second kappa shape index (κ2) is 6.94. The van der Waals surface area contributed by atoms with Crippen LogP contribution in [0.1, 0.15) is 33.6 Å². The molecule has 1 amide bonds. The summed E-state index contributed by atoms with van der Waals surface area (Å²) in [6.07, 6.45) is 0.541. The lowest BCUT2D eigenvalue weighted by Gasteiger charge is -2.41. The molecule has 0 aliphatic carbocycles. The molecule has 0 saturated heterocycles. The van der Waals surface area contributed by atoms with E-state index in [1.807, 2.05) is 36.9 Å². The minimum atomic E-state index is -0.439. The van der Waals surface area contributed by atoms with Crippen LogP contribution in [0.5, 0.6) is 5.75 Å². The normalized spacial score (nSPS) is 16.1. The predicted octanol–water partition coefficient (Wildman–Crippen LogP) is 2.60. The van der Waals surface area contributed by atoms with Gasteiger partial charge in [0.15, 0.2) is 0 Å². The van der Waals surface area contributed by atoms with Crippen molar-refractivity contribution < 1.29 is 19.1 Å². The fourth-order valence-electron chi connectivity index (χ4n) is 3.53. The Kier molecular flexibility index (Phi) is 4.88. The number of esters is 1. The monoisotopic (exact) mass is 346 g/mol. The Labute approximate surface area is 148 Å². The van der Waals surface area contributed by atoms with Crippen molar-refractivity contribution in [2.45, 2.75) is 33.6 Å². The van der Waals surface area contributed by atoms with Crippen LogP contribution in [0.4, 0.5) is 11.4 Å². The van der Waals surface area contributed by atoms with Crippen LogP contribution >= 0.6 is 0 Å². The van der Waals surface area contributed by atoms with E-state index in [9.17, 15) is 9.59 Å². The van der Waals surface area contributed by atoms with Crippen molar-refractivity contribution in [3.63, 3.8) is 0 Å². The van der Waals surface area contributed by atoms with Crippen LogP contribution in [-0.4, -0.2) is 44.7 Å². The number of amides is 1. The standard InChI is InChI=1S/C19H26N2O4/c1-4-24-17(23)13-19(2,3)12-16(22)21-9-8-20-10-11-25-15-7-5-6-14(21)18(15)20/h5-7H,4,8-13H2,1-3H3. The molecule has 0 aromatic heterocycles. The SMILES string of the molecule is CCOC(=O)CC(C)(C)CC(=O)N1CCN2CCOc3cccc1c32. The highest BCUT2D eigenvalue weighted by Gasteiger charge is 2.34. The lowest BCUT2D eigenvalue weighted by atomic mass is 9.85. The van der Waals surface area contributed by atoms with Gasteiger partial charge in [-0.15, -0.1) is 0 Å². The molecule has 2 heterocycles. The van der Waals surface area contributed by atoms with Crippen molar-refractivity contribution in [2.75, 3.05) is 42.6 Å². The number of para-hydroxylation sites is 1. The van der Waals surface area contributed by atoms with Gasteiger partial charge in [0.25, 0.3) is 0 Å². The first-order chi connectivity index (χ1) is 11.9. The van der Waals surface area contributed by atoms with E-state index in [-0.39, 0.29) is 18.3 Å². The summed E-state index contributed by atoms with van der Waals surface area (Å²) in [5.74, 6) is 0.621. The molecule has 0 spiro atoms. The molecule has 1 aromatic rings. The molecule has 6 heteroatoms. The Balaban J connectivity index is 1.76. The highest BCUT2D eigenvalue weighted by atomic mass is 16.5. The Morgan fingerprint density at radius 1 is 1.20 bits per heavy atom. The maximum absolute atomic E-state index is 13.0. The lowest BCUT2D eigenvalue weighted by molar-refractivity contribution is -0.145. The van der Waals surface area contributed by atoms with Crippen molar-refractivity contribution in [1.82, 2.24) is 0 Å². The molecule has 0 saturated carbocycles. The van der Waals surface area contributed by atoms with Gasteiger partial charge in [0.1, 0.15) is 18.0 Å². The van der Waals surface area contributed by atoms with Crippen LogP contribution in [0.15, 0.2) is 18.2 Å². The molecule has 136 valence electrons. The molecule has 0 radical (unpaired) electrons. The molecule has 0 atom stereocenters. The van der Waals surface area contributed by atoms with Crippen molar-refractivity contribution in [3.05, 3.63) is 18.2 Å². The van der Waals surface area contributed by atoms with Crippen LogP contribution in [0, 0.1) is 5.41 Å². The van der Waals surface area contributed by atoms with E-state index >= 15 is 0 Å². The topological polar surface area (TPSA) is 59.1 Å². The first kappa shape index (κ1) is 17.6. The van der Waals surface area contributed by atoms with Gasteiger partial charge in [-0.05, 0) is 24.5 Å². The second-order valence-electron chi connectivity index (χ2n) is 7.33. The predicted molar refractivity (Wildman–Crippen MR) is 96.2 cm³/mol.